The number of amides is 1. The first-order valence-electron chi connectivity index (χ1n) is 8.37. The highest BCUT2D eigenvalue weighted by Crippen LogP contribution is 2.29. The Morgan fingerprint density at radius 1 is 1.12 bits per heavy atom. The molecule has 0 fully saturated rings. The van der Waals surface area contributed by atoms with E-state index >= 15 is 0 Å². The second-order valence-corrected chi connectivity index (χ2v) is 7.26. The fourth-order valence-electron chi connectivity index (χ4n) is 2.83. The molecule has 0 aliphatic carbocycles. The summed E-state index contributed by atoms with van der Waals surface area (Å²) in [7, 11) is 0. The van der Waals surface area contributed by atoms with Crippen molar-refractivity contribution >= 4 is 17.2 Å². The van der Waals surface area contributed by atoms with Crippen molar-refractivity contribution in [3.63, 3.8) is 0 Å². The number of rotatable bonds is 5. The summed E-state index contributed by atoms with van der Waals surface area (Å²) in [5.41, 5.74) is 2.82. The number of aryl methyl sites for hydroxylation is 3. The van der Waals surface area contributed by atoms with Crippen LogP contribution in [0.2, 0.25) is 0 Å². The summed E-state index contributed by atoms with van der Waals surface area (Å²) in [6.07, 6.45) is 0. The van der Waals surface area contributed by atoms with Crippen molar-refractivity contribution in [3.05, 3.63) is 64.2 Å². The van der Waals surface area contributed by atoms with Crippen LogP contribution in [-0.4, -0.2) is 22.3 Å². The van der Waals surface area contributed by atoms with Gasteiger partial charge in [-0.05, 0) is 57.5 Å². The minimum absolute atomic E-state index is 0.0142. The van der Waals surface area contributed by atoms with E-state index in [1.165, 1.54) is 0 Å². The molecule has 0 unspecified atom stereocenters. The summed E-state index contributed by atoms with van der Waals surface area (Å²) in [4.78, 5) is 20.2. The number of aromatic nitrogens is 1. The Kier molecular flexibility index (Phi) is 5.04. The minimum atomic E-state index is 0.0142. The highest BCUT2D eigenvalue weighted by atomic mass is 32.1. The molecule has 1 aromatic carbocycles. The monoisotopic (exact) mass is 354 g/mol. The topological polar surface area (TPSA) is 46.3 Å². The molecule has 0 aliphatic rings. The van der Waals surface area contributed by atoms with Crippen LogP contribution in [-0.2, 0) is 6.54 Å². The Morgan fingerprint density at radius 2 is 1.84 bits per heavy atom. The van der Waals surface area contributed by atoms with Gasteiger partial charge in [-0.1, -0.05) is 12.1 Å². The molecule has 5 heteroatoms. The molecule has 2 heterocycles. The third kappa shape index (κ3) is 3.82. The first kappa shape index (κ1) is 17.4. The number of carbonyl (C=O) groups excluding carboxylic acids is 1. The zero-order valence-electron chi connectivity index (χ0n) is 15.0. The van der Waals surface area contributed by atoms with Crippen LogP contribution in [0.3, 0.4) is 0 Å². The summed E-state index contributed by atoms with van der Waals surface area (Å²) >= 11 is 1.68. The number of furan rings is 1. The van der Waals surface area contributed by atoms with Gasteiger partial charge in [0.2, 0.25) is 0 Å². The number of thiazole rings is 1. The van der Waals surface area contributed by atoms with Gasteiger partial charge in [0.05, 0.1) is 22.1 Å². The third-order valence-corrected chi connectivity index (χ3v) is 5.23. The zero-order chi connectivity index (χ0) is 18.0. The van der Waals surface area contributed by atoms with Gasteiger partial charge < -0.3 is 9.32 Å². The van der Waals surface area contributed by atoms with E-state index in [4.69, 9.17) is 4.42 Å². The van der Waals surface area contributed by atoms with Crippen LogP contribution in [0.4, 0.5) is 0 Å². The molecule has 2 aromatic heterocycles. The molecule has 3 aromatic rings. The van der Waals surface area contributed by atoms with Crippen molar-refractivity contribution in [1.82, 2.24) is 9.88 Å². The first-order chi connectivity index (χ1) is 12.0. The SMILES string of the molecule is CCN(Cc1ccc(C)o1)C(=O)c1ccc(-c2sc(C)nc2C)cc1. The Balaban J connectivity index is 1.78. The zero-order valence-corrected chi connectivity index (χ0v) is 15.8. The summed E-state index contributed by atoms with van der Waals surface area (Å²) in [5.74, 6) is 1.68. The van der Waals surface area contributed by atoms with E-state index in [-0.39, 0.29) is 5.91 Å². The Hall–Kier alpha value is -2.40. The van der Waals surface area contributed by atoms with Gasteiger partial charge in [-0.15, -0.1) is 11.3 Å². The van der Waals surface area contributed by atoms with Crippen LogP contribution in [0.15, 0.2) is 40.8 Å². The molecule has 4 nitrogen and oxygen atoms in total. The molecule has 0 saturated heterocycles. The Morgan fingerprint density at radius 3 is 2.36 bits per heavy atom. The molecule has 0 aliphatic heterocycles. The van der Waals surface area contributed by atoms with E-state index in [0.29, 0.717) is 18.7 Å². The molecule has 25 heavy (non-hydrogen) atoms. The van der Waals surface area contributed by atoms with Crippen molar-refractivity contribution < 1.29 is 9.21 Å². The quantitative estimate of drug-likeness (QED) is 0.648. The predicted molar refractivity (Wildman–Crippen MR) is 101 cm³/mol. The maximum Gasteiger partial charge on any atom is 0.254 e. The van der Waals surface area contributed by atoms with Crippen LogP contribution in [0, 0.1) is 20.8 Å². The smallest absolute Gasteiger partial charge is 0.254 e. The van der Waals surface area contributed by atoms with E-state index in [9.17, 15) is 4.79 Å². The lowest BCUT2D eigenvalue weighted by Crippen LogP contribution is -2.30. The largest absolute Gasteiger partial charge is 0.464 e. The predicted octanol–water partition coefficient (Wildman–Crippen LogP) is 4.99. The standard InChI is InChI=1S/C20H22N2O2S/c1-5-22(12-18-11-6-13(2)24-18)20(23)17-9-7-16(8-10-17)19-14(3)21-15(4)25-19/h6-11H,5,12H2,1-4H3. The van der Waals surface area contributed by atoms with Gasteiger partial charge in [-0.2, -0.15) is 0 Å². The van der Waals surface area contributed by atoms with E-state index < -0.39 is 0 Å². The van der Waals surface area contributed by atoms with Gasteiger partial charge in [0, 0.05) is 12.1 Å². The average Bonchev–Trinajstić information content (AvgIpc) is 3.16. The van der Waals surface area contributed by atoms with Crippen molar-refractivity contribution in [2.75, 3.05) is 6.54 Å². The van der Waals surface area contributed by atoms with Gasteiger partial charge in [0.25, 0.3) is 5.91 Å². The minimum Gasteiger partial charge on any atom is -0.464 e. The Bertz CT molecular complexity index is 877. The highest BCUT2D eigenvalue weighted by molar-refractivity contribution is 7.15. The number of nitrogens with zero attached hydrogens (tertiary/aromatic N) is 2. The lowest BCUT2D eigenvalue weighted by molar-refractivity contribution is 0.0741. The van der Waals surface area contributed by atoms with E-state index in [2.05, 4.69) is 4.98 Å². The molecule has 130 valence electrons. The van der Waals surface area contributed by atoms with E-state index in [1.807, 2.05) is 64.1 Å². The molecular weight excluding hydrogens is 332 g/mol. The summed E-state index contributed by atoms with van der Waals surface area (Å²) < 4.78 is 5.59. The molecule has 0 saturated carbocycles. The maximum atomic E-state index is 12.8. The lowest BCUT2D eigenvalue weighted by Gasteiger charge is -2.19. The summed E-state index contributed by atoms with van der Waals surface area (Å²) in [6, 6.07) is 11.6. The fourth-order valence-corrected chi connectivity index (χ4v) is 3.76. The fraction of sp³-hybridized carbons (Fsp3) is 0.300. The summed E-state index contributed by atoms with van der Waals surface area (Å²) in [5, 5.41) is 1.05. The third-order valence-electron chi connectivity index (χ3n) is 4.11. The number of hydrogen-bond donors (Lipinski definition) is 0. The molecule has 0 atom stereocenters. The molecule has 0 bridgehead atoms. The second-order valence-electron chi connectivity index (χ2n) is 6.06. The maximum absolute atomic E-state index is 12.8. The molecule has 0 radical (unpaired) electrons. The Labute approximate surface area is 152 Å². The number of hydrogen-bond acceptors (Lipinski definition) is 4. The van der Waals surface area contributed by atoms with E-state index in [0.717, 1.165) is 32.7 Å². The number of benzene rings is 1. The van der Waals surface area contributed by atoms with Gasteiger partial charge >= 0.3 is 0 Å². The molecule has 0 spiro atoms. The van der Waals surface area contributed by atoms with Crippen LogP contribution in [0.1, 0.15) is 39.5 Å². The van der Waals surface area contributed by atoms with Crippen molar-refractivity contribution in [2.24, 2.45) is 0 Å². The van der Waals surface area contributed by atoms with Gasteiger partial charge in [-0.25, -0.2) is 4.98 Å². The van der Waals surface area contributed by atoms with Crippen LogP contribution < -0.4 is 0 Å². The van der Waals surface area contributed by atoms with Gasteiger partial charge in [0.15, 0.2) is 0 Å². The van der Waals surface area contributed by atoms with Crippen LogP contribution >= 0.6 is 11.3 Å². The van der Waals surface area contributed by atoms with Gasteiger partial charge in [-0.3, -0.25) is 4.79 Å². The second kappa shape index (κ2) is 7.23. The van der Waals surface area contributed by atoms with Crippen molar-refractivity contribution in [1.29, 1.82) is 0 Å². The normalized spacial score (nSPS) is 10.9. The first-order valence-corrected chi connectivity index (χ1v) is 9.18. The van der Waals surface area contributed by atoms with Crippen LogP contribution in [0.25, 0.3) is 10.4 Å². The van der Waals surface area contributed by atoms with E-state index in [1.54, 1.807) is 16.2 Å². The summed E-state index contributed by atoms with van der Waals surface area (Å²) in [6.45, 7) is 9.02. The lowest BCUT2D eigenvalue weighted by atomic mass is 10.1. The molecule has 0 N–H and O–H groups in total. The molecule has 1 amide bonds. The van der Waals surface area contributed by atoms with Crippen molar-refractivity contribution in [2.45, 2.75) is 34.2 Å². The molecule has 3 rings (SSSR count). The van der Waals surface area contributed by atoms with Gasteiger partial charge in [0.1, 0.15) is 11.5 Å². The number of carbonyl (C=O) groups is 1. The average molecular weight is 354 g/mol. The van der Waals surface area contributed by atoms with Crippen LogP contribution in [0.5, 0.6) is 0 Å². The highest BCUT2D eigenvalue weighted by Gasteiger charge is 2.16. The molecular formula is C20H22N2O2S. The van der Waals surface area contributed by atoms with Crippen molar-refractivity contribution in [3.8, 4) is 10.4 Å².